The summed E-state index contributed by atoms with van der Waals surface area (Å²) in [6, 6.07) is 9.51. The highest BCUT2D eigenvalue weighted by atomic mass is 35.5. The van der Waals surface area contributed by atoms with Crippen molar-refractivity contribution in [2.45, 2.75) is 12.4 Å². The van der Waals surface area contributed by atoms with E-state index in [1.807, 2.05) is 24.3 Å². The van der Waals surface area contributed by atoms with E-state index in [1.54, 1.807) is 0 Å². The summed E-state index contributed by atoms with van der Waals surface area (Å²) in [7, 11) is 0. The lowest BCUT2D eigenvalue weighted by molar-refractivity contribution is 0.294. The average Bonchev–Trinajstić information content (AvgIpc) is 2.36. The van der Waals surface area contributed by atoms with Crippen molar-refractivity contribution < 1.29 is 4.74 Å². The normalized spacial score (nSPS) is 10.3. The number of rotatable bonds is 4. The Labute approximate surface area is 116 Å². The van der Waals surface area contributed by atoms with Crippen molar-refractivity contribution in [1.82, 2.24) is 9.97 Å². The van der Waals surface area contributed by atoms with Crippen LogP contribution in [0, 0.1) is 0 Å². The predicted octanol–water partition coefficient (Wildman–Crippen LogP) is 2.72. The van der Waals surface area contributed by atoms with Gasteiger partial charge in [0.05, 0.1) is 0 Å². The van der Waals surface area contributed by atoms with E-state index in [-0.39, 0.29) is 11.1 Å². The second-order valence-corrected chi connectivity index (χ2v) is 4.35. The topological polar surface area (TPSA) is 61.0 Å². The highest BCUT2D eigenvalue weighted by Gasteiger charge is 2.02. The van der Waals surface area contributed by atoms with E-state index in [0.29, 0.717) is 12.5 Å². The first-order chi connectivity index (χ1) is 8.67. The Bertz CT molecular complexity index is 513. The quantitative estimate of drug-likeness (QED) is 0.668. The predicted molar refractivity (Wildman–Crippen MR) is 74.9 cm³/mol. The van der Waals surface area contributed by atoms with E-state index in [4.69, 9.17) is 22.1 Å². The van der Waals surface area contributed by atoms with Gasteiger partial charge >= 0.3 is 0 Å². The van der Waals surface area contributed by atoms with E-state index in [0.717, 1.165) is 16.9 Å². The number of aromatic nitrogens is 2. The fraction of sp³-hybridized carbons (Fsp3) is 0.167. The third-order valence-electron chi connectivity index (χ3n) is 2.28. The highest BCUT2D eigenvalue weighted by Crippen LogP contribution is 2.16. The molecule has 1 aromatic heterocycles. The van der Waals surface area contributed by atoms with Crippen molar-refractivity contribution in [2.24, 2.45) is 0 Å². The van der Waals surface area contributed by atoms with Crippen LogP contribution in [-0.4, -0.2) is 9.97 Å². The van der Waals surface area contributed by atoms with Gasteiger partial charge in [-0.25, -0.2) is 4.98 Å². The Hall–Kier alpha value is -1.46. The van der Waals surface area contributed by atoms with Gasteiger partial charge in [-0.3, -0.25) is 0 Å². The molecule has 4 nitrogen and oxygen atoms in total. The Morgan fingerprint density at radius 2 is 1.83 bits per heavy atom. The molecule has 18 heavy (non-hydrogen) atoms. The first-order valence-corrected chi connectivity index (χ1v) is 6.30. The molecule has 2 aromatic rings. The second kappa shape index (κ2) is 5.93. The first kappa shape index (κ1) is 13.0. The number of hydrogen-bond acceptors (Lipinski definition) is 5. The number of anilines is 1. The van der Waals surface area contributed by atoms with Crippen molar-refractivity contribution in [3.63, 3.8) is 0 Å². The molecule has 0 aliphatic rings. The molecule has 0 spiro atoms. The molecule has 0 radical (unpaired) electrons. The van der Waals surface area contributed by atoms with Crippen molar-refractivity contribution in [1.29, 1.82) is 0 Å². The third-order valence-corrected chi connectivity index (χ3v) is 2.84. The monoisotopic (exact) mass is 281 g/mol. The molecule has 0 atom stereocenters. The largest absolute Gasteiger partial charge is 0.473 e. The van der Waals surface area contributed by atoms with Gasteiger partial charge in [-0.1, -0.05) is 35.9 Å². The minimum Gasteiger partial charge on any atom is -0.473 e. The molecule has 0 aliphatic heterocycles. The smallest absolute Gasteiger partial charge is 0.224 e. The summed E-state index contributed by atoms with van der Waals surface area (Å²) in [5.74, 6) is 1.19. The Morgan fingerprint density at radius 3 is 2.44 bits per heavy atom. The van der Waals surface area contributed by atoms with Crippen molar-refractivity contribution in [2.75, 3.05) is 5.73 Å². The average molecular weight is 282 g/mol. The van der Waals surface area contributed by atoms with Crippen LogP contribution in [0.5, 0.6) is 5.88 Å². The third kappa shape index (κ3) is 3.51. The van der Waals surface area contributed by atoms with Crippen LogP contribution >= 0.6 is 24.2 Å². The molecule has 0 saturated carbocycles. The van der Waals surface area contributed by atoms with Gasteiger partial charge in [-0.05, 0) is 11.1 Å². The van der Waals surface area contributed by atoms with Gasteiger partial charge in [0, 0.05) is 11.8 Å². The van der Waals surface area contributed by atoms with Crippen LogP contribution in [0.25, 0.3) is 0 Å². The van der Waals surface area contributed by atoms with E-state index >= 15 is 0 Å². The molecular formula is C12H12ClN3OS. The van der Waals surface area contributed by atoms with Crippen LogP contribution in [-0.2, 0) is 12.4 Å². The lowest BCUT2D eigenvalue weighted by Gasteiger charge is -2.06. The first-order valence-electron chi connectivity index (χ1n) is 5.29. The maximum Gasteiger partial charge on any atom is 0.224 e. The minimum atomic E-state index is 0.0999. The summed E-state index contributed by atoms with van der Waals surface area (Å²) < 4.78 is 5.49. The van der Waals surface area contributed by atoms with Crippen molar-refractivity contribution in [3.8, 4) is 5.88 Å². The number of halogens is 1. The maximum atomic E-state index is 5.75. The molecule has 0 amide bonds. The second-order valence-electron chi connectivity index (χ2n) is 3.65. The van der Waals surface area contributed by atoms with Gasteiger partial charge < -0.3 is 10.5 Å². The molecule has 0 bridgehead atoms. The Morgan fingerprint density at radius 1 is 1.17 bits per heavy atom. The molecule has 0 unspecified atom stereocenters. The SMILES string of the molecule is Nc1nc(Cl)cc(OCc2ccc(CS)cc2)n1. The lowest BCUT2D eigenvalue weighted by Crippen LogP contribution is -2.01. The molecule has 1 heterocycles. The van der Waals surface area contributed by atoms with E-state index in [2.05, 4.69) is 22.6 Å². The van der Waals surface area contributed by atoms with Gasteiger partial charge in [0.25, 0.3) is 0 Å². The van der Waals surface area contributed by atoms with Crippen LogP contribution in [0.1, 0.15) is 11.1 Å². The molecule has 1 aromatic carbocycles. The summed E-state index contributed by atoms with van der Waals surface area (Å²) in [5, 5.41) is 0.267. The number of benzene rings is 1. The standard InChI is InChI=1S/C12H12ClN3OS/c13-10-5-11(16-12(14)15-10)17-6-8-1-3-9(7-18)4-2-8/h1-5,18H,6-7H2,(H2,14,15,16). The van der Waals surface area contributed by atoms with Gasteiger partial charge in [0.1, 0.15) is 11.8 Å². The zero-order valence-corrected chi connectivity index (χ0v) is 11.2. The summed E-state index contributed by atoms with van der Waals surface area (Å²) >= 11 is 9.95. The summed E-state index contributed by atoms with van der Waals surface area (Å²) in [6.45, 7) is 0.402. The molecule has 6 heteroatoms. The molecule has 2 N–H and O–H groups in total. The van der Waals surface area contributed by atoms with Crippen LogP contribution < -0.4 is 10.5 Å². The summed E-state index contributed by atoms with van der Waals surface area (Å²) in [5.41, 5.74) is 7.67. The fourth-order valence-electron chi connectivity index (χ4n) is 1.39. The number of hydrogen-bond donors (Lipinski definition) is 2. The van der Waals surface area contributed by atoms with E-state index < -0.39 is 0 Å². The van der Waals surface area contributed by atoms with Gasteiger partial charge in [0.15, 0.2) is 0 Å². The molecule has 0 saturated heterocycles. The maximum absolute atomic E-state index is 5.75. The van der Waals surface area contributed by atoms with Crippen molar-refractivity contribution in [3.05, 3.63) is 46.6 Å². The minimum absolute atomic E-state index is 0.0999. The zero-order valence-electron chi connectivity index (χ0n) is 9.51. The molecule has 2 rings (SSSR count). The van der Waals surface area contributed by atoms with E-state index in [1.165, 1.54) is 6.07 Å². The van der Waals surface area contributed by atoms with Crippen molar-refractivity contribution >= 4 is 30.2 Å². The van der Waals surface area contributed by atoms with Crippen LogP contribution in [0.15, 0.2) is 30.3 Å². The van der Waals surface area contributed by atoms with E-state index in [9.17, 15) is 0 Å². The molecular weight excluding hydrogens is 270 g/mol. The van der Waals surface area contributed by atoms with Gasteiger partial charge in [-0.2, -0.15) is 17.6 Å². The molecule has 0 fully saturated rings. The van der Waals surface area contributed by atoms with Crippen LogP contribution in [0.4, 0.5) is 5.95 Å². The lowest BCUT2D eigenvalue weighted by atomic mass is 10.2. The highest BCUT2D eigenvalue weighted by molar-refractivity contribution is 7.79. The number of ether oxygens (including phenoxy) is 1. The Balaban J connectivity index is 2.01. The van der Waals surface area contributed by atoms with Crippen LogP contribution in [0.3, 0.4) is 0 Å². The molecule has 0 aliphatic carbocycles. The fourth-order valence-corrected chi connectivity index (χ4v) is 1.78. The zero-order chi connectivity index (χ0) is 13.0. The number of nitrogen functional groups attached to an aromatic ring is 1. The van der Waals surface area contributed by atoms with Crippen LogP contribution in [0.2, 0.25) is 5.15 Å². The Kier molecular flexibility index (Phi) is 4.28. The molecule has 94 valence electrons. The van der Waals surface area contributed by atoms with Gasteiger partial charge in [-0.15, -0.1) is 0 Å². The number of nitrogens with zero attached hydrogens (tertiary/aromatic N) is 2. The summed E-state index contributed by atoms with van der Waals surface area (Å²) in [4.78, 5) is 7.69. The van der Waals surface area contributed by atoms with Gasteiger partial charge in [0.2, 0.25) is 11.8 Å². The number of thiol groups is 1. The summed E-state index contributed by atoms with van der Waals surface area (Å²) in [6.07, 6.45) is 0. The number of nitrogens with two attached hydrogens (primary N) is 1.